The summed E-state index contributed by atoms with van der Waals surface area (Å²) in [5.74, 6) is 0. The van der Waals surface area contributed by atoms with Gasteiger partial charge in [-0.05, 0) is 24.1 Å². The molecule has 0 atom stereocenters. The van der Waals surface area contributed by atoms with Gasteiger partial charge in [0.25, 0.3) is 0 Å². The van der Waals surface area contributed by atoms with E-state index < -0.39 is 6.03 Å². The van der Waals surface area contributed by atoms with Crippen molar-refractivity contribution in [2.45, 2.75) is 6.42 Å². The molecule has 0 unspecified atom stereocenters. The molecule has 16 heavy (non-hydrogen) atoms. The van der Waals surface area contributed by atoms with Gasteiger partial charge in [0.05, 0.1) is 0 Å². The molecule has 2 rings (SSSR count). The Kier molecular flexibility index (Phi) is 3.50. The lowest BCUT2D eigenvalue weighted by Crippen LogP contribution is -2.40. The lowest BCUT2D eigenvalue weighted by Gasteiger charge is -2.12. The molecule has 1 aromatic carbocycles. The molecule has 1 heterocycles. The maximum Gasteiger partial charge on any atom is 0.369 e. The number of hydrazine groups is 2. The first-order valence-corrected chi connectivity index (χ1v) is 5.39. The number of amides is 2. The Hall–Kier alpha value is -1.01. The van der Waals surface area contributed by atoms with Crippen LogP contribution in [0.2, 0.25) is 10.0 Å². The molecule has 1 saturated heterocycles. The fraction of sp³-hybridized carbons (Fsp3) is 0.222. The molecule has 1 fully saturated rings. The maximum atomic E-state index is 10.8. The normalized spacial score (nSPS) is 16.0. The zero-order valence-corrected chi connectivity index (χ0v) is 9.72. The van der Waals surface area contributed by atoms with Crippen molar-refractivity contribution in [3.8, 4) is 0 Å². The number of carbonyl (C=O) groups excluding carboxylic acids is 1. The smallest absolute Gasteiger partial charge is 0.253 e. The van der Waals surface area contributed by atoms with E-state index in [9.17, 15) is 4.79 Å². The summed E-state index contributed by atoms with van der Waals surface area (Å²) in [7, 11) is 0. The predicted molar refractivity (Wildman–Crippen MR) is 60.7 cm³/mol. The first-order valence-electron chi connectivity index (χ1n) is 4.63. The van der Waals surface area contributed by atoms with E-state index in [-0.39, 0.29) is 0 Å². The third-order valence-electron chi connectivity index (χ3n) is 2.12. The zero-order chi connectivity index (χ0) is 11.5. The number of rotatable bonds is 3. The molecular weight excluding hydrogens is 251 g/mol. The highest BCUT2D eigenvalue weighted by Crippen LogP contribution is 2.21. The standard InChI is InChI=1S/C9H9Cl2N4O/c10-7-2-1-6(8(11)5-7)3-4-15-13-9(16)12-14-15/h1-2,5,14H,3-4H2,(H,13,16). The van der Waals surface area contributed by atoms with Crippen LogP contribution in [0.25, 0.3) is 0 Å². The lowest BCUT2D eigenvalue weighted by atomic mass is 10.1. The minimum atomic E-state index is -0.401. The SMILES string of the molecule is O=C1[N]NN(CCc2ccc(Cl)cc2Cl)N1. The molecule has 1 radical (unpaired) electrons. The molecule has 5 nitrogen and oxygen atoms in total. The Morgan fingerprint density at radius 1 is 1.38 bits per heavy atom. The van der Waals surface area contributed by atoms with Crippen LogP contribution in [-0.4, -0.2) is 17.7 Å². The molecule has 0 aliphatic carbocycles. The van der Waals surface area contributed by atoms with Crippen molar-refractivity contribution >= 4 is 29.2 Å². The Morgan fingerprint density at radius 3 is 2.81 bits per heavy atom. The first-order chi connectivity index (χ1) is 7.65. The average molecular weight is 260 g/mol. The molecule has 0 saturated carbocycles. The van der Waals surface area contributed by atoms with E-state index in [1.807, 2.05) is 6.07 Å². The van der Waals surface area contributed by atoms with Crippen molar-refractivity contribution in [3.05, 3.63) is 33.8 Å². The monoisotopic (exact) mass is 259 g/mol. The molecule has 0 aromatic heterocycles. The number of nitrogens with one attached hydrogen (secondary N) is 2. The van der Waals surface area contributed by atoms with Crippen LogP contribution in [0.15, 0.2) is 18.2 Å². The van der Waals surface area contributed by atoms with Crippen molar-refractivity contribution in [3.63, 3.8) is 0 Å². The predicted octanol–water partition coefficient (Wildman–Crippen LogP) is 1.50. The molecule has 1 aromatic rings. The van der Waals surface area contributed by atoms with Gasteiger partial charge in [-0.2, -0.15) is 0 Å². The van der Waals surface area contributed by atoms with E-state index in [1.54, 1.807) is 12.1 Å². The van der Waals surface area contributed by atoms with Gasteiger partial charge in [0.15, 0.2) is 0 Å². The van der Waals surface area contributed by atoms with E-state index in [0.29, 0.717) is 23.0 Å². The third kappa shape index (κ3) is 2.76. The van der Waals surface area contributed by atoms with Crippen LogP contribution in [0.4, 0.5) is 4.79 Å². The fourth-order valence-electron chi connectivity index (χ4n) is 1.33. The zero-order valence-electron chi connectivity index (χ0n) is 8.20. The highest BCUT2D eigenvalue weighted by molar-refractivity contribution is 6.35. The lowest BCUT2D eigenvalue weighted by molar-refractivity contribution is 0.171. The van der Waals surface area contributed by atoms with Crippen molar-refractivity contribution < 1.29 is 4.79 Å². The molecule has 1 aliphatic heterocycles. The fourth-order valence-corrected chi connectivity index (χ4v) is 1.84. The van der Waals surface area contributed by atoms with Crippen LogP contribution in [0.3, 0.4) is 0 Å². The summed E-state index contributed by atoms with van der Waals surface area (Å²) in [5.41, 5.74) is 9.44. The largest absolute Gasteiger partial charge is 0.369 e. The van der Waals surface area contributed by atoms with Gasteiger partial charge in [-0.1, -0.05) is 29.3 Å². The van der Waals surface area contributed by atoms with Crippen LogP contribution in [0.5, 0.6) is 0 Å². The number of halogens is 2. The topological polar surface area (TPSA) is 58.5 Å². The molecule has 7 heteroatoms. The quantitative estimate of drug-likeness (QED) is 0.865. The molecular formula is C9H9Cl2N4O. The Labute approximate surface area is 103 Å². The van der Waals surface area contributed by atoms with Crippen molar-refractivity contribution in [2.75, 3.05) is 6.54 Å². The van der Waals surface area contributed by atoms with Gasteiger partial charge in [-0.3, -0.25) is 5.43 Å². The van der Waals surface area contributed by atoms with Gasteiger partial charge in [-0.15, -0.1) is 16.1 Å². The van der Waals surface area contributed by atoms with Gasteiger partial charge in [0.1, 0.15) is 0 Å². The van der Waals surface area contributed by atoms with Gasteiger partial charge in [-0.25, -0.2) is 4.79 Å². The van der Waals surface area contributed by atoms with Crippen LogP contribution >= 0.6 is 23.2 Å². The number of urea groups is 1. The summed E-state index contributed by atoms with van der Waals surface area (Å²) in [4.78, 5) is 10.8. The minimum Gasteiger partial charge on any atom is -0.253 e. The summed E-state index contributed by atoms with van der Waals surface area (Å²) in [6.07, 6.45) is 0.679. The Balaban J connectivity index is 1.92. The molecule has 2 N–H and O–H groups in total. The van der Waals surface area contributed by atoms with Crippen molar-refractivity contribution in [1.82, 2.24) is 21.5 Å². The summed E-state index contributed by atoms with van der Waals surface area (Å²) in [6.45, 7) is 0.566. The highest BCUT2D eigenvalue weighted by atomic mass is 35.5. The number of benzene rings is 1. The Morgan fingerprint density at radius 2 is 2.19 bits per heavy atom. The second-order valence-electron chi connectivity index (χ2n) is 3.27. The van der Waals surface area contributed by atoms with E-state index in [4.69, 9.17) is 23.2 Å². The number of nitrogens with zero attached hydrogens (tertiary/aromatic N) is 2. The van der Waals surface area contributed by atoms with E-state index in [2.05, 4.69) is 16.4 Å². The summed E-state index contributed by atoms with van der Waals surface area (Å²) >= 11 is 11.8. The second-order valence-corrected chi connectivity index (χ2v) is 4.11. The molecule has 2 amide bonds. The van der Waals surface area contributed by atoms with E-state index >= 15 is 0 Å². The van der Waals surface area contributed by atoms with Crippen molar-refractivity contribution in [2.24, 2.45) is 0 Å². The summed E-state index contributed by atoms with van der Waals surface area (Å²) < 4.78 is 0. The molecule has 0 spiro atoms. The van der Waals surface area contributed by atoms with Gasteiger partial charge >= 0.3 is 6.03 Å². The summed E-state index contributed by atoms with van der Waals surface area (Å²) in [6, 6.07) is 4.93. The number of carbonyl (C=O) groups is 1. The highest BCUT2D eigenvalue weighted by Gasteiger charge is 2.18. The van der Waals surface area contributed by atoms with Crippen LogP contribution < -0.4 is 16.4 Å². The Bertz CT molecular complexity index is 412. The molecule has 0 bridgehead atoms. The van der Waals surface area contributed by atoms with Crippen LogP contribution in [0.1, 0.15) is 5.56 Å². The molecule has 1 aliphatic rings. The summed E-state index contributed by atoms with van der Waals surface area (Å²) in [5, 5.41) is 2.72. The van der Waals surface area contributed by atoms with Gasteiger partial charge in [0, 0.05) is 16.6 Å². The number of hydrogen-bond donors (Lipinski definition) is 2. The first kappa shape index (κ1) is 11.5. The second kappa shape index (κ2) is 4.88. The minimum absolute atomic E-state index is 0.401. The molecule has 85 valence electrons. The van der Waals surface area contributed by atoms with Crippen LogP contribution in [0, 0.1) is 0 Å². The van der Waals surface area contributed by atoms with E-state index in [0.717, 1.165) is 5.56 Å². The van der Waals surface area contributed by atoms with Crippen LogP contribution in [-0.2, 0) is 6.42 Å². The van der Waals surface area contributed by atoms with Gasteiger partial charge < -0.3 is 0 Å². The number of hydrogen-bond acceptors (Lipinski definition) is 3. The van der Waals surface area contributed by atoms with Gasteiger partial charge in [0.2, 0.25) is 0 Å². The third-order valence-corrected chi connectivity index (χ3v) is 2.71. The maximum absolute atomic E-state index is 10.8. The van der Waals surface area contributed by atoms with E-state index in [1.165, 1.54) is 5.12 Å². The van der Waals surface area contributed by atoms with Crippen molar-refractivity contribution in [1.29, 1.82) is 0 Å². The average Bonchev–Trinajstić information content (AvgIpc) is 2.63.